The molecule has 0 aliphatic carbocycles. The molecule has 1 aromatic heterocycles. The Hall–Kier alpha value is -2.88. The van der Waals surface area contributed by atoms with E-state index >= 15 is 0 Å². The second kappa shape index (κ2) is 7.99. The number of aromatic nitrogens is 2. The molecule has 3 aromatic rings. The molecule has 0 atom stereocenters. The van der Waals surface area contributed by atoms with E-state index in [1.54, 1.807) is 20.8 Å². The van der Waals surface area contributed by atoms with Gasteiger partial charge in [-0.3, -0.25) is 9.40 Å². The predicted octanol–water partition coefficient (Wildman–Crippen LogP) is 5.19. The lowest BCUT2D eigenvalue weighted by Crippen LogP contribution is -2.20. The summed E-state index contributed by atoms with van der Waals surface area (Å²) in [5.74, 6) is -1.48. The number of rotatable bonds is 5. The Labute approximate surface area is 177 Å². The number of alkyl halides is 3. The maximum Gasteiger partial charge on any atom is 0.419 e. The number of nitrogens with zero attached hydrogens (tertiary/aromatic N) is 2. The van der Waals surface area contributed by atoms with Gasteiger partial charge in [0, 0.05) is 17.3 Å². The highest BCUT2D eigenvalue weighted by Crippen LogP contribution is 2.34. The topological polar surface area (TPSA) is 64.0 Å². The molecule has 31 heavy (non-hydrogen) atoms. The average molecular weight is 455 g/mol. The molecule has 0 saturated carbocycles. The quantitative estimate of drug-likeness (QED) is 0.539. The Kier molecular flexibility index (Phi) is 5.88. The molecule has 10 heteroatoms. The first-order valence-corrected chi connectivity index (χ1v) is 10.8. The summed E-state index contributed by atoms with van der Waals surface area (Å²) >= 11 is 0. The number of benzene rings is 2. The van der Waals surface area contributed by atoms with E-state index < -0.39 is 38.7 Å². The lowest BCUT2D eigenvalue weighted by molar-refractivity contribution is -0.139. The van der Waals surface area contributed by atoms with Gasteiger partial charge < -0.3 is 0 Å². The maximum atomic E-state index is 13.5. The average Bonchev–Trinajstić information content (AvgIpc) is 3.08. The van der Waals surface area contributed by atoms with Crippen LogP contribution in [0.15, 0.2) is 59.6 Å². The maximum absolute atomic E-state index is 13.5. The Bertz CT molecular complexity index is 1180. The minimum atomic E-state index is -4.96. The van der Waals surface area contributed by atoms with Crippen LogP contribution >= 0.6 is 0 Å². The van der Waals surface area contributed by atoms with Crippen molar-refractivity contribution in [3.63, 3.8) is 0 Å². The van der Waals surface area contributed by atoms with E-state index in [1.807, 2.05) is 30.3 Å². The fourth-order valence-electron chi connectivity index (χ4n) is 2.99. The van der Waals surface area contributed by atoms with Crippen LogP contribution in [0.2, 0.25) is 0 Å². The minimum absolute atomic E-state index is 0.159. The molecule has 2 aromatic carbocycles. The van der Waals surface area contributed by atoms with Crippen molar-refractivity contribution in [2.75, 3.05) is 4.72 Å². The highest BCUT2D eigenvalue weighted by Gasteiger charge is 2.35. The molecular formula is C21H21F4N3O2S. The first-order chi connectivity index (χ1) is 14.3. The molecule has 0 fully saturated rings. The van der Waals surface area contributed by atoms with Gasteiger partial charge in [-0.05, 0) is 23.8 Å². The Morgan fingerprint density at radius 3 is 2.26 bits per heavy atom. The molecule has 5 nitrogen and oxygen atoms in total. The second-order valence-corrected chi connectivity index (χ2v) is 9.72. The molecule has 0 bridgehead atoms. The lowest BCUT2D eigenvalue weighted by Gasteiger charge is -2.18. The minimum Gasteiger partial charge on any atom is -0.280 e. The zero-order valence-corrected chi connectivity index (χ0v) is 17.9. The van der Waals surface area contributed by atoms with E-state index in [-0.39, 0.29) is 10.6 Å². The van der Waals surface area contributed by atoms with Gasteiger partial charge in [0.2, 0.25) is 0 Å². The molecule has 1 N–H and O–H groups in total. The van der Waals surface area contributed by atoms with Crippen LogP contribution < -0.4 is 4.72 Å². The number of halogens is 4. The Morgan fingerprint density at radius 1 is 1.03 bits per heavy atom. The van der Waals surface area contributed by atoms with Crippen molar-refractivity contribution in [1.29, 1.82) is 0 Å². The zero-order valence-electron chi connectivity index (χ0n) is 17.0. The molecule has 0 amide bonds. The molecular weight excluding hydrogens is 434 g/mol. The summed E-state index contributed by atoms with van der Waals surface area (Å²) in [6.45, 7) is 5.65. The van der Waals surface area contributed by atoms with Crippen LogP contribution in [-0.2, 0) is 28.2 Å². The summed E-state index contributed by atoms with van der Waals surface area (Å²) in [5.41, 5.74) is -1.45. The Balaban J connectivity index is 2.00. The van der Waals surface area contributed by atoms with E-state index in [9.17, 15) is 26.0 Å². The van der Waals surface area contributed by atoms with Crippen molar-refractivity contribution in [2.24, 2.45) is 0 Å². The zero-order chi connectivity index (χ0) is 23.0. The van der Waals surface area contributed by atoms with Crippen LogP contribution in [0.4, 0.5) is 23.2 Å². The molecule has 0 radical (unpaired) electrons. The van der Waals surface area contributed by atoms with Crippen LogP contribution in [0.5, 0.6) is 0 Å². The van der Waals surface area contributed by atoms with Crippen LogP contribution in [-0.4, -0.2) is 18.2 Å². The van der Waals surface area contributed by atoms with Crippen molar-refractivity contribution in [1.82, 2.24) is 9.78 Å². The van der Waals surface area contributed by atoms with Gasteiger partial charge in [-0.1, -0.05) is 51.1 Å². The van der Waals surface area contributed by atoms with Crippen molar-refractivity contribution < 1.29 is 26.0 Å². The van der Waals surface area contributed by atoms with E-state index in [4.69, 9.17) is 0 Å². The number of hydrogen-bond acceptors (Lipinski definition) is 3. The first kappa shape index (κ1) is 22.8. The molecule has 0 aliphatic heterocycles. The van der Waals surface area contributed by atoms with Crippen molar-refractivity contribution in [3.05, 3.63) is 77.4 Å². The van der Waals surface area contributed by atoms with E-state index in [1.165, 1.54) is 10.9 Å². The van der Waals surface area contributed by atoms with Gasteiger partial charge >= 0.3 is 6.18 Å². The van der Waals surface area contributed by atoms with Gasteiger partial charge in [0.15, 0.2) is 0 Å². The van der Waals surface area contributed by atoms with Gasteiger partial charge in [0.1, 0.15) is 10.7 Å². The monoisotopic (exact) mass is 455 g/mol. The molecule has 1 heterocycles. The third kappa shape index (κ3) is 5.25. The molecule has 0 saturated heterocycles. The van der Waals surface area contributed by atoms with Crippen LogP contribution in [0, 0.1) is 5.82 Å². The number of hydrogen-bond donors (Lipinski definition) is 1. The molecule has 0 unspecified atom stereocenters. The van der Waals surface area contributed by atoms with Crippen molar-refractivity contribution >= 4 is 15.7 Å². The molecule has 0 aliphatic rings. The van der Waals surface area contributed by atoms with Gasteiger partial charge in [0.05, 0.1) is 17.8 Å². The molecule has 3 rings (SSSR count). The third-order valence-electron chi connectivity index (χ3n) is 4.44. The summed E-state index contributed by atoms with van der Waals surface area (Å²) in [7, 11) is -4.30. The highest BCUT2D eigenvalue weighted by molar-refractivity contribution is 7.92. The fourth-order valence-corrected chi connectivity index (χ4v) is 4.40. The molecule has 0 spiro atoms. The summed E-state index contributed by atoms with van der Waals surface area (Å²) in [6.07, 6.45) is -3.62. The number of anilines is 1. The van der Waals surface area contributed by atoms with Gasteiger partial charge in [0.25, 0.3) is 10.0 Å². The third-order valence-corrected chi connectivity index (χ3v) is 5.82. The highest BCUT2D eigenvalue weighted by atomic mass is 32.2. The SMILES string of the molecule is CC(C)(C)c1nn(Cc2ccccc2)cc1S(=O)(=O)Nc1ccc(F)c(C(F)(F)F)c1. The predicted molar refractivity (Wildman–Crippen MR) is 109 cm³/mol. The summed E-state index contributed by atoms with van der Waals surface area (Å²) in [5, 5.41) is 4.41. The lowest BCUT2D eigenvalue weighted by atomic mass is 9.92. The van der Waals surface area contributed by atoms with Crippen LogP contribution in [0.3, 0.4) is 0 Å². The van der Waals surface area contributed by atoms with Crippen molar-refractivity contribution in [3.8, 4) is 0 Å². The fraction of sp³-hybridized carbons (Fsp3) is 0.286. The van der Waals surface area contributed by atoms with Gasteiger partial charge in [-0.15, -0.1) is 0 Å². The Morgan fingerprint density at radius 2 is 1.68 bits per heavy atom. The summed E-state index contributed by atoms with van der Waals surface area (Å²) in [6, 6.07) is 11.2. The smallest absolute Gasteiger partial charge is 0.280 e. The van der Waals surface area contributed by atoms with Gasteiger partial charge in [-0.2, -0.15) is 18.3 Å². The van der Waals surface area contributed by atoms with E-state index in [0.717, 1.165) is 11.6 Å². The summed E-state index contributed by atoms with van der Waals surface area (Å²) in [4.78, 5) is -0.159. The molecule has 166 valence electrons. The second-order valence-electron chi connectivity index (χ2n) is 8.07. The standard InChI is InChI=1S/C21H21F4N3O2S/c1-20(2,3)19-18(13-28(26-19)12-14-7-5-4-6-8-14)31(29,30)27-15-9-10-17(22)16(11-15)21(23,24)25/h4-11,13,27H,12H2,1-3H3. The van der Waals surface area contributed by atoms with Crippen molar-refractivity contribution in [2.45, 2.75) is 43.8 Å². The first-order valence-electron chi connectivity index (χ1n) is 9.29. The summed E-state index contributed by atoms with van der Waals surface area (Å²) < 4.78 is 82.2. The van der Waals surface area contributed by atoms with E-state index in [2.05, 4.69) is 9.82 Å². The largest absolute Gasteiger partial charge is 0.419 e. The van der Waals surface area contributed by atoms with E-state index in [0.29, 0.717) is 18.7 Å². The number of nitrogens with one attached hydrogen (secondary N) is 1. The normalized spacial score (nSPS) is 12.7. The van der Waals surface area contributed by atoms with Crippen LogP contribution in [0.25, 0.3) is 0 Å². The van der Waals surface area contributed by atoms with Gasteiger partial charge in [-0.25, -0.2) is 12.8 Å². The number of sulfonamides is 1. The van der Waals surface area contributed by atoms with Crippen LogP contribution in [0.1, 0.15) is 37.6 Å².